The highest BCUT2D eigenvalue weighted by atomic mass is 19.1. The van der Waals surface area contributed by atoms with E-state index >= 15 is 0 Å². The molecule has 2 rings (SSSR count). The largest absolute Gasteiger partial charge is 0.476 e. The number of hydrogen-bond donors (Lipinski definition) is 3. The van der Waals surface area contributed by atoms with E-state index in [1.807, 2.05) is 0 Å². The van der Waals surface area contributed by atoms with Gasteiger partial charge in [0.1, 0.15) is 11.5 Å². The van der Waals surface area contributed by atoms with Crippen molar-refractivity contribution >= 4 is 17.6 Å². The van der Waals surface area contributed by atoms with E-state index < -0.39 is 23.8 Å². The smallest absolute Gasteiger partial charge is 0.312 e. The molecule has 3 amide bonds. The van der Waals surface area contributed by atoms with Gasteiger partial charge in [-0.05, 0) is 25.1 Å². The Bertz CT molecular complexity index is 754. The summed E-state index contributed by atoms with van der Waals surface area (Å²) in [6, 6.07) is 7.40. The highest BCUT2D eigenvalue weighted by molar-refractivity contribution is 5.92. The lowest BCUT2D eigenvalue weighted by atomic mass is 10.0. The minimum Gasteiger partial charge on any atom is -0.476 e. The fraction of sp³-hybridized carbons (Fsp3) is 0.235. The maximum absolute atomic E-state index is 14.0. The minimum absolute atomic E-state index is 0.174. The number of hydrogen-bond acceptors (Lipinski definition) is 4. The molecule has 0 unspecified atom stereocenters. The molecule has 0 spiro atoms. The van der Waals surface area contributed by atoms with Crippen molar-refractivity contribution in [2.45, 2.75) is 19.4 Å². The maximum atomic E-state index is 14.0. The van der Waals surface area contributed by atoms with Crippen molar-refractivity contribution in [1.82, 2.24) is 10.3 Å². The third kappa shape index (κ3) is 5.17. The van der Waals surface area contributed by atoms with Crippen LogP contribution in [0, 0.1) is 5.82 Å². The summed E-state index contributed by atoms with van der Waals surface area (Å²) in [6.07, 6.45) is 1.34. The molecule has 0 saturated carbocycles. The van der Waals surface area contributed by atoms with Gasteiger partial charge in [0.25, 0.3) is 0 Å². The van der Waals surface area contributed by atoms with Gasteiger partial charge in [0.15, 0.2) is 0 Å². The predicted molar refractivity (Wildman–Crippen MR) is 90.5 cm³/mol. The number of rotatable bonds is 7. The minimum atomic E-state index is -0.897. The lowest BCUT2D eigenvalue weighted by Crippen LogP contribution is -2.35. The number of carbonyl (C=O) groups is 2. The molecule has 2 aromatic rings. The maximum Gasteiger partial charge on any atom is 0.312 e. The van der Waals surface area contributed by atoms with Gasteiger partial charge < -0.3 is 21.1 Å². The van der Waals surface area contributed by atoms with Gasteiger partial charge in [-0.2, -0.15) is 0 Å². The van der Waals surface area contributed by atoms with E-state index in [4.69, 9.17) is 10.5 Å². The number of halogens is 1. The number of nitrogens with two attached hydrogens (primary N) is 1. The van der Waals surface area contributed by atoms with Crippen LogP contribution in [-0.4, -0.2) is 23.5 Å². The van der Waals surface area contributed by atoms with Crippen LogP contribution in [0.5, 0.6) is 5.88 Å². The van der Waals surface area contributed by atoms with E-state index in [-0.39, 0.29) is 17.9 Å². The van der Waals surface area contributed by atoms with Crippen molar-refractivity contribution in [3.63, 3.8) is 0 Å². The molecule has 1 atom stereocenters. The predicted octanol–water partition coefficient (Wildman–Crippen LogP) is 2.36. The van der Waals surface area contributed by atoms with Gasteiger partial charge in [0.2, 0.25) is 11.8 Å². The second kappa shape index (κ2) is 8.62. The molecular formula is C17H19FN4O3. The molecule has 0 bridgehead atoms. The van der Waals surface area contributed by atoms with Gasteiger partial charge in [-0.15, -0.1) is 0 Å². The van der Waals surface area contributed by atoms with Crippen LogP contribution in [0.15, 0.2) is 42.6 Å². The number of ether oxygens (including phenoxy) is 1. The molecule has 1 aromatic heterocycles. The Morgan fingerprint density at radius 1 is 1.28 bits per heavy atom. The number of carbonyl (C=O) groups excluding carboxylic acids is 2. The Balaban J connectivity index is 2.15. The molecule has 0 radical (unpaired) electrons. The summed E-state index contributed by atoms with van der Waals surface area (Å²) in [7, 11) is 0. The van der Waals surface area contributed by atoms with Crippen LogP contribution >= 0.6 is 0 Å². The van der Waals surface area contributed by atoms with E-state index in [1.165, 1.54) is 24.4 Å². The summed E-state index contributed by atoms with van der Waals surface area (Å²) in [4.78, 5) is 27.6. The third-order valence-corrected chi connectivity index (χ3v) is 3.31. The van der Waals surface area contributed by atoms with Crippen LogP contribution in [-0.2, 0) is 4.79 Å². The number of amides is 3. The average Bonchev–Trinajstić information content (AvgIpc) is 2.56. The zero-order chi connectivity index (χ0) is 18.2. The van der Waals surface area contributed by atoms with Crippen molar-refractivity contribution in [2.75, 3.05) is 11.9 Å². The Morgan fingerprint density at radius 3 is 2.72 bits per heavy atom. The summed E-state index contributed by atoms with van der Waals surface area (Å²) in [5.41, 5.74) is 5.70. The standard InChI is InChI=1S/C17H19FN4O3/c1-2-25-16-13(8-5-9-20-16)21-15(23)10-14(22-17(19)24)11-6-3-4-7-12(11)18/h3-9,14H,2,10H2,1H3,(H,21,23)(H3,19,22,24)/t14-/m1/s1. The van der Waals surface area contributed by atoms with E-state index in [1.54, 1.807) is 25.1 Å². The van der Waals surface area contributed by atoms with Gasteiger partial charge in [0, 0.05) is 11.8 Å². The van der Waals surface area contributed by atoms with Gasteiger partial charge in [0.05, 0.1) is 19.1 Å². The normalized spacial score (nSPS) is 11.4. The van der Waals surface area contributed by atoms with Gasteiger partial charge >= 0.3 is 6.03 Å². The van der Waals surface area contributed by atoms with Crippen LogP contribution in [0.3, 0.4) is 0 Å². The first-order chi connectivity index (χ1) is 12.0. The first-order valence-corrected chi connectivity index (χ1v) is 7.69. The van der Waals surface area contributed by atoms with E-state index in [9.17, 15) is 14.0 Å². The van der Waals surface area contributed by atoms with Crippen LogP contribution < -0.4 is 21.1 Å². The molecule has 0 aliphatic heterocycles. The highest BCUT2D eigenvalue weighted by Gasteiger charge is 2.21. The highest BCUT2D eigenvalue weighted by Crippen LogP contribution is 2.24. The van der Waals surface area contributed by atoms with E-state index in [0.29, 0.717) is 12.3 Å². The number of aromatic nitrogens is 1. The first kappa shape index (κ1) is 18.2. The van der Waals surface area contributed by atoms with E-state index in [0.717, 1.165) is 0 Å². The first-order valence-electron chi connectivity index (χ1n) is 7.69. The quantitative estimate of drug-likeness (QED) is 0.715. The summed E-state index contributed by atoms with van der Waals surface area (Å²) in [5, 5.41) is 5.03. The molecule has 8 heteroatoms. The summed E-state index contributed by atoms with van der Waals surface area (Å²) in [6.45, 7) is 2.19. The second-order valence-electron chi connectivity index (χ2n) is 5.12. The van der Waals surface area contributed by atoms with Crippen molar-refractivity contribution in [1.29, 1.82) is 0 Å². The lowest BCUT2D eigenvalue weighted by Gasteiger charge is -2.18. The molecule has 0 fully saturated rings. The third-order valence-electron chi connectivity index (χ3n) is 3.31. The summed E-state index contributed by atoms with van der Waals surface area (Å²) < 4.78 is 19.3. The molecule has 0 saturated heterocycles. The Labute approximate surface area is 144 Å². The van der Waals surface area contributed by atoms with Gasteiger partial charge in [-0.1, -0.05) is 18.2 Å². The van der Waals surface area contributed by atoms with Gasteiger partial charge in [-0.3, -0.25) is 4.79 Å². The molecule has 0 aliphatic rings. The van der Waals surface area contributed by atoms with Crippen molar-refractivity contribution in [2.24, 2.45) is 5.73 Å². The van der Waals surface area contributed by atoms with Crippen LogP contribution in [0.4, 0.5) is 14.9 Å². The SMILES string of the molecule is CCOc1ncccc1NC(=O)C[C@@H](NC(N)=O)c1ccccc1F. The molecule has 25 heavy (non-hydrogen) atoms. The van der Waals surface area contributed by atoms with Crippen molar-refractivity contribution in [3.8, 4) is 5.88 Å². The molecular weight excluding hydrogens is 327 g/mol. The number of nitrogens with one attached hydrogen (secondary N) is 2. The zero-order valence-electron chi connectivity index (χ0n) is 13.7. The lowest BCUT2D eigenvalue weighted by molar-refractivity contribution is -0.116. The van der Waals surface area contributed by atoms with Crippen molar-refractivity contribution < 1.29 is 18.7 Å². The molecule has 132 valence electrons. The fourth-order valence-electron chi connectivity index (χ4n) is 2.29. The Morgan fingerprint density at radius 2 is 2.04 bits per heavy atom. The van der Waals surface area contributed by atoms with Crippen LogP contribution in [0.2, 0.25) is 0 Å². The second-order valence-corrected chi connectivity index (χ2v) is 5.12. The monoisotopic (exact) mass is 346 g/mol. The fourth-order valence-corrected chi connectivity index (χ4v) is 2.29. The topological polar surface area (TPSA) is 106 Å². The Kier molecular flexibility index (Phi) is 6.27. The van der Waals surface area contributed by atoms with Crippen LogP contribution in [0.25, 0.3) is 0 Å². The number of urea groups is 1. The van der Waals surface area contributed by atoms with Crippen molar-refractivity contribution in [3.05, 3.63) is 54.0 Å². The van der Waals surface area contributed by atoms with E-state index in [2.05, 4.69) is 15.6 Å². The average molecular weight is 346 g/mol. The summed E-state index contributed by atoms with van der Waals surface area (Å²) in [5.74, 6) is -0.704. The summed E-state index contributed by atoms with van der Waals surface area (Å²) >= 11 is 0. The number of primary amides is 1. The Hall–Kier alpha value is -3.16. The number of pyridine rings is 1. The van der Waals surface area contributed by atoms with Gasteiger partial charge in [-0.25, -0.2) is 14.2 Å². The number of nitrogens with zero attached hydrogens (tertiary/aromatic N) is 1. The number of anilines is 1. The molecule has 1 aromatic carbocycles. The molecule has 0 aliphatic carbocycles. The molecule has 1 heterocycles. The number of benzene rings is 1. The molecule has 4 N–H and O–H groups in total. The van der Waals surface area contributed by atoms with Crippen LogP contribution in [0.1, 0.15) is 24.9 Å². The molecule has 7 nitrogen and oxygen atoms in total. The zero-order valence-corrected chi connectivity index (χ0v) is 13.7.